The van der Waals surface area contributed by atoms with Crippen molar-refractivity contribution in [2.24, 2.45) is 0 Å². The Morgan fingerprint density at radius 1 is 1.14 bits per heavy atom. The quantitative estimate of drug-likeness (QED) is 0.476. The molecule has 0 unspecified atom stereocenters. The molecular formula is C20H16N4O4. The maximum Gasteiger partial charge on any atom is 0.419 e. The van der Waals surface area contributed by atoms with Crippen LogP contribution in [0.1, 0.15) is 41.6 Å². The molecule has 1 aromatic carbocycles. The highest BCUT2D eigenvalue weighted by Crippen LogP contribution is 2.37. The van der Waals surface area contributed by atoms with Gasteiger partial charge in [0.25, 0.3) is 11.8 Å². The molecule has 0 bridgehead atoms. The van der Waals surface area contributed by atoms with E-state index < -0.39 is 23.5 Å². The van der Waals surface area contributed by atoms with Gasteiger partial charge in [0.05, 0.1) is 11.1 Å². The van der Waals surface area contributed by atoms with Crippen LogP contribution in [-0.4, -0.2) is 37.5 Å². The highest BCUT2D eigenvalue weighted by Gasteiger charge is 2.36. The van der Waals surface area contributed by atoms with Crippen molar-refractivity contribution in [1.82, 2.24) is 19.3 Å². The van der Waals surface area contributed by atoms with E-state index in [0.29, 0.717) is 27.5 Å². The number of imidazole rings is 1. The second-order valence-electron chi connectivity index (χ2n) is 7.68. The Morgan fingerprint density at radius 3 is 2.64 bits per heavy atom. The van der Waals surface area contributed by atoms with Crippen LogP contribution in [0, 0.1) is 0 Å². The average Bonchev–Trinajstić information content (AvgIpc) is 3.27. The molecule has 0 fully saturated rings. The maximum atomic E-state index is 13.1. The Kier molecular flexibility index (Phi) is 3.06. The van der Waals surface area contributed by atoms with Gasteiger partial charge >= 0.3 is 6.09 Å². The molecule has 8 nitrogen and oxygen atoms in total. The van der Waals surface area contributed by atoms with E-state index in [0.717, 1.165) is 0 Å². The number of nitrogens with one attached hydrogen (secondary N) is 1. The van der Waals surface area contributed by atoms with Crippen LogP contribution in [0.4, 0.5) is 4.79 Å². The van der Waals surface area contributed by atoms with E-state index in [-0.39, 0.29) is 11.3 Å². The van der Waals surface area contributed by atoms with Crippen molar-refractivity contribution in [2.45, 2.75) is 26.4 Å². The minimum absolute atomic E-state index is 0.220. The normalized spacial score (nSPS) is 14.1. The Labute approximate surface area is 158 Å². The summed E-state index contributed by atoms with van der Waals surface area (Å²) in [5.74, 6) is -0.980. The Bertz CT molecular complexity index is 1350. The van der Waals surface area contributed by atoms with Gasteiger partial charge in [0.2, 0.25) is 0 Å². The summed E-state index contributed by atoms with van der Waals surface area (Å²) >= 11 is 0. The van der Waals surface area contributed by atoms with Crippen molar-refractivity contribution in [1.29, 1.82) is 0 Å². The van der Waals surface area contributed by atoms with Gasteiger partial charge in [0.15, 0.2) is 5.65 Å². The molecule has 0 spiro atoms. The summed E-state index contributed by atoms with van der Waals surface area (Å²) in [6.07, 6.45) is 2.55. The predicted molar refractivity (Wildman–Crippen MR) is 102 cm³/mol. The first-order valence-corrected chi connectivity index (χ1v) is 8.79. The number of hydrogen-bond acceptors (Lipinski definition) is 5. The summed E-state index contributed by atoms with van der Waals surface area (Å²) in [6, 6.07) is 7.21. The molecule has 3 aromatic heterocycles. The molecule has 1 N–H and O–H groups in total. The first kappa shape index (κ1) is 16.5. The zero-order valence-corrected chi connectivity index (χ0v) is 15.4. The monoisotopic (exact) mass is 376 g/mol. The highest BCUT2D eigenvalue weighted by molar-refractivity contribution is 6.32. The lowest BCUT2D eigenvalue weighted by atomic mass is 10.1. The summed E-state index contributed by atoms with van der Waals surface area (Å²) in [7, 11) is 0. The average molecular weight is 376 g/mol. The smallest absolute Gasteiger partial charge is 0.419 e. The van der Waals surface area contributed by atoms with Gasteiger partial charge in [0, 0.05) is 23.2 Å². The number of nitrogens with zero attached hydrogens (tertiary/aromatic N) is 3. The van der Waals surface area contributed by atoms with E-state index in [2.05, 4.69) is 10.3 Å². The van der Waals surface area contributed by atoms with Crippen molar-refractivity contribution in [2.75, 3.05) is 0 Å². The molecular weight excluding hydrogens is 360 g/mol. The zero-order chi connectivity index (χ0) is 19.8. The number of carbonyl (C=O) groups is 3. The zero-order valence-electron chi connectivity index (χ0n) is 15.4. The lowest BCUT2D eigenvalue weighted by Gasteiger charge is -2.20. The maximum absolute atomic E-state index is 13.1. The van der Waals surface area contributed by atoms with Gasteiger partial charge in [-0.1, -0.05) is 18.2 Å². The lowest BCUT2D eigenvalue weighted by molar-refractivity contribution is 0.0551. The molecule has 0 saturated heterocycles. The second-order valence-corrected chi connectivity index (χ2v) is 7.68. The topological polar surface area (TPSA) is 94.7 Å². The molecule has 0 aliphatic carbocycles. The first-order chi connectivity index (χ1) is 13.3. The molecule has 2 amide bonds. The third kappa shape index (κ3) is 2.05. The largest absolute Gasteiger partial charge is 0.443 e. The molecule has 8 heteroatoms. The molecule has 0 saturated carbocycles. The summed E-state index contributed by atoms with van der Waals surface area (Å²) in [6.45, 7) is 5.36. The van der Waals surface area contributed by atoms with Gasteiger partial charge in [-0.15, -0.1) is 0 Å². The van der Waals surface area contributed by atoms with Crippen LogP contribution in [0.3, 0.4) is 0 Å². The third-order valence-electron chi connectivity index (χ3n) is 4.70. The number of para-hydroxylation sites is 1. The number of ether oxygens (including phenoxy) is 1. The molecule has 1 aliphatic rings. The highest BCUT2D eigenvalue weighted by atomic mass is 16.6. The number of fused-ring (bicyclic) bond motifs is 8. The number of amides is 2. The summed E-state index contributed by atoms with van der Waals surface area (Å²) in [5, 5.41) is 3.53. The second kappa shape index (κ2) is 5.19. The number of hydrogen-bond donors (Lipinski definition) is 1. The van der Waals surface area contributed by atoms with Crippen LogP contribution in [0.15, 0.2) is 36.7 Å². The van der Waals surface area contributed by atoms with Crippen LogP contribution in [-0.2, 0) is 4.74 Å². The minimum atomic E-state index is -0.704. The van der Waals surface area contributed by atoms with Crippen molar-refractivity contribution >= 4 is 45.4 Å². The summed E-state index contributed by atoms with van der Waals surface area (Å²) in [5.41, 5.74) is 1.17. The number of benzene rings is 1. The molecule has 4 heterocycles. The van der Waals surface area contributed by atoms with Crippen LogP contribution < -0.4 is 5.32 Å². The van der Waals surface area contributed by atoms with E-state index >= 15 is 0 Å². The molecule has 0 atom stereocenters. The Morgan fingerprint density at radius 2 is 1.89 bits per heavy atom. The van der Waals surface area contributed by atoms with E-state index in [9.17, 15) is 14.4 Å². The van der Waals surface area contributed by atoms with Gasteiger partial charge in [-0.2, -0.15) is 0 Å². The molecule has 4 aromatic rings. The van der Waals surface area contributed by atoms with Gasteiger partial charge in [0.1, 0.15) is 16.8 Å². The van der Waals surface area contributed by atoms with E-state index in [1.165, 1.54) is 15.2 Å². The van der Waals surface area contributed by atoms with Crippen molar-refractivity contribution in [3.8, 4) is 0 Å². The molecule has 140 valence electrons. The van der Waals surface area contributed by atoms with Gasteiger partial charge in [-0.3, -0.25) is 19.3 Å². The van der Waals surface area contributed by atoms with Crippen molar-refractivity contribution < 1.29 is 19.1 Å². The summed E-state index contributed by atoms with van der Waals surface area (Å²) < 4.78 is 8.58. The van der Waals surface area contributed by atoms with Gasteiger partial charge < -0.3 is 4.74 Å². The number of imide groups is 1. The molecule has 0 radical (unpaired) electrons. The van der Waals surface area contributed by atoms with Gasteiger partial charge in [-0.25, -0.2) is 14.3 Å². The number of carbonyl (C=O) groups excluding carboxylic acids is 3. The van der Waals surface area contributed by atoms with E-state index in [1.54, 1.807) is 39.1 Å². The van der Waals surface area contributed by atoms with Crippen LogP contribution in [0.25, 0.3) is 27.5 Å². The van der Waals surface area contributed by atoms with E-state index in [4.69, 9.17) is 4.74 Å². The van der Waals surface area contributed by atoms with E-state index in [1.807, 2.05) is 12.1 Å². The van der Waals surface area contributed by atoms with Crippen LogP contribution in [0.5, 0.6) is 0 Å². The molecule has 28 heavy (non-hydrogen) atoms. The van der Waals surface area contributed by atoms with Crippen LogP contribution >= 0.6 is 0 Å². The Hall–Kier alpha value is -3.68. The van der Waals surface area contributed by atoms with Crippen LogP contribution in [0.2, 0.25) is 0 Å². The fourth-order valence-electron chi connectivity index (χ4n) is 3.77. The predicted octanol–water partition coefficient (Wildman–Crippen LogP) is 3.11. The SMILES string of the molecule is CC(C)(C)OC(=O)n1c2ccccc2c2c3c(n4ccnc4c21)C(=O)NC3=O. The first-order valence-electron chi connectivity index (χ1n) is 8.79. The minimum Gasteiger partial charge on any atom is -0.443 e. The lowest BCUT2D eigenvalue weighted by Crippen LogP contribution is -2.27. The standard InChI is InChI=1S/C20H16N4O4/c1-20(2,3)28-19(27)24-11-7-5-4-6-10(11)12-13-15(18(26)22-17(13)25)23-9-8-21-16(23)14(12)24/h4-9H,1-3H3,(H,22,25,26). The van der Waals surface area contributed by atoms with Gasteiger partial charge in [-0.05, 0) is 26.8 Å². The number of aromatic nitrogens is 3. The number of rotatable bonds is 0. The van der Waals surface area contributed by atoms with Crippen molar-refractivity contribution in [3.63, 3.8) is 0 Å². The van der Waals surface area contributed by atoms with Crippen molar-refractivity contribution in [3.05, 3.63) is 47.9 Å². The molecule has 1 aliphatic heterocycles. The molecule has 5 rings (SSSR count). The number of pyridine rings is 1. The fraction of sp³-hybridized carbons (Fsp3) is 0.200. The Balaban J connectivity index is 2.03. The third-order valence-corrected chi connectivity index (χ3v) is 4.70. The fourth-order valence-corrected chi connectivity index (χ4v) is 3.77. The summed E-state index contributed by atoms with van der Waals surface area (Å²) in [4.78, 5) is 42.5.